The normalized spacial score (nSPS) is 9.83. The summed E-state index contributed by atoms with van der Waals surface area (Å²) in [6.45, 7) is 2.14. The number of carbonyl (C=O) groups excluding carboxylic acids is 1. The maximum absolute atomic E-state index is 11.6. The van der Waals surface area contributed by atoms with E-state index in [9.17, 15) is 4.79 Å². The first-order chi connectivity index (χ1) is 8.79. The number of carbonyl (C=O) groups is 1. The summed E-state index contributed by atoms with van der Waals surface area (Å²) in [4.78, 5) is 19.7. The third-order valence-corrected chi connectivity index (χ3v) is 2.20. The zero-order chi connectivity index (χ0) is 12.8. The van der Waals surface area contributed by atoms with Crippen molar-refractivity contribution in [3.05, 3.63) is 48.3 Å². The highest BCUT2D eigenvalue weighted by Gasteiger charge is 2.06. The molecule has 1 aromatic carbocycles. The number of rotatable bonds is 4. The number of hydrogen-bond donors (Lipinski definition) is 1. The van der Waals surface area contributed by atoms with E-state index >= 15 is 0 Å². The molecule has 0 amide bonds. The summed E-state index contributed by atoms with van der Waals surface area (Å²) in [5.74, 6) is 0.147. The fourth-order valence-electron chi connectivity index (χ4n) is 1.43. The van der Waals surface area contributed by atoms with E-state index in [1.165, 1.54) is 0 Å². The fraction of sp³-hybridized carbons (Fsp3) is 0.154. The second-order valence-electron chi connectivity index (χ2n) is 3.50. The minimum atomic E-state index is -0.338. The van der Waals surface area contributed by atoms with Crippen molar-refractivity contribution in [1.29, 1.82) is 0 Å². The van der Waals surface area contributed by atoms with Gasteiger partial charge in [-0.2, -0.15) is 0 Å². The lowest BCUT2D eigenvalue weighted by atomic mass is 10.2. The maximum Gasteiger partial charge on any atom is 0.338 e. The molecule has 92 valence electrons. The number of ether oxygens (including phenoxy) is 1. The third-order valence-electron chi connectivity index (χ3n) is 2.20. The van der Waals surface area contributed by atoms with Gasteiger partial charge < -0.3 is 10.1 Å². The van der Waals surface area contributed by atoms with Gasteiger partial charge in [-0.25, -0.2) is 14.8 Å². The van der Waals surface area contributed by atoms with E-state index in [0.717, 1.165) is 5.69 Å². The van der Waals surface area contributed by atoms with Gasteiger partial charge in [0.25, 0.3) is 0 Å². The average Bonchev–Trinajstić information content (AvgIpc) is 2.40. The first-order valence-electron chi connectivity index (χ1n) is 5.61. The zero-order valence-corrected chi connectivity index (χ0v) is 9.96. The molecule has 0 radical (unpaired) electrons. The molecule has 0 aliphatic rings. The molecule has 0 saturated carbocycles. The van der Waals surface area contributed by atoms with Crippen LogP contribution in [0.25, 0.3) is 0 Å². The lowest BCUT2D eigenvalue weighted by Gasteiger charge is -2.06. The van der Waals surface area contributed by atoms with Crippen LogP contribution in [0.1, 0.15) is 17.3 Å². The monoisotopic (exact) mass is 243 g/mol. The highest BCUT2D eigenvalue weighted by molar-refractivity contribution is 5.90. The number of nitrogens with one attached hydrogen (secondary N) is 1. The number of hydrogen-bond acceptors (Lipinski definition) is 5. The molecule has 0 aliphatic heterocycles. The quantitative estimate of drug-likeness (QED) is 0.835. The summed E-state index contributed by atoms with van der Waals surface area (Å²) < 4.78 is 4.94. The Morgan fingerprint density at radius 2 is 2.06 bits per heavy atom. The van der Waals surface area contributed by atoms with Crippen LogP contribution in [0.15, 0.2) is 42.7 Å². The summed E-state index contributed by atoms with van der Waals surface area (Å²) in [7, 11) is 0. The van der Waals surface area contributed by atoms with Crippen LogP contribution in [-0.2, 0) is 4.74 Å². The van der Waals surface area contributed by atoms with Crippen LogP contribution in [0.4, 0.5) is 11.6 Å². The number of anilines is 2. The van der Waals surface area contributed by atoms with E-state index in [4.69, 9.17) is 4.74 Å². The predicted octanol–water partition coefficient (Wildman–Crippen LogP) is 2.40. The molecule has 0 unspecified atom stereocenters. The van der Waals surface area contributed by atoms with Crippen molar-refractivity contribution in [3.63, 3.8) is 0 Å². The average molecular weight is 243 g/mol. The van der Waals surface area contributed by atoms with Gasteiger partial charge in [-0.1, -0.05) is 6.07 Å². The fourth-order valence-corrected chi connectivity index (χ4v) is 1.43. The Morgan fingerprint density at radius 1 is 1.28 bits per heavy atom. The van der Waals surface area contributed by atoms with Gasteiger partial charge in [-0.3, -0.25) is 0 Å². The smallest absolute Gasteiger partial charge is 0.338 e. The van der Waals surface area contributed by atoms with E-state index in [1.54, 1.807) is 43.6 Å². The van der Waals surface area contributed by atoms with Gasteiger partial charge >= 0.3 is 5.97 Å². The largest absolute Gasteiger partial charge is 0.462 e. The van der Waals surface area contributed by atoms with Crippen LogP contribution in [0.5, 0.6) is 0 Å². The number of nitrogens with zero attached hydrogens (tertiary/aromatic N) is 2. The lowest BCUT2D eigenvalue weighted by Crippen LogP contribution is -2.05. The summed E-state index contributed by atoms with van der Waals surface area (Å²) in [5, 5.41) is 3.01. The molecular weight excluding hydrogens is 230 g/mol. The SMILES string of the molecule is CCOC(=O)c1cccc(Nc2ncccn2)c1. The molecule has 18 heavy (non-hydrogen) atoms. The van der Waals surface area contributed by atoms with E-state index in [1.807, 2.05) is 6.07 Å². The van der Waals surface area contributed by atoms with Crippen LogP contribution in [0.3, 0.4) is 0 Å². The Kier molecular flexibility index (Phi) is 3.86. The maximum atomic E-state index is 11.6. The van der Waals surface area contributed by atoms with E-state index in [-0.39, 0.29) is 5.97 Å². The van der Waals surface area contributed by atoms with Crippen LogP contribution in [-0.4, -0.2) is 22.5 Å². The Hall–Kier alpha value is -2.43. The summed E-state index contributed by atoms with van der Waals surface area (Å²) in [6.07, 6.45) is 3.29. The van der Waals surface area contributed by atoms with Gasteiger partial charge in [0, 0.05) is 18.1 Å². The molecule has 1 aromatic heterocycles. The van der Waals surface area contributed by atoms with Crippen LogP contribution >= 0.6 is 0 Å². The molecule has 0 fully saturated rings. The third kappa shape index (κ3) is 3.04. The van der Waals surface area contributed by atoms with Crippen molar-refractivity contribution in [2.45, 2.75) is 6.92 Å². The van der Waals surface area contributed by atoms with Gasteiger partial charge in [0.05, 0.1) is 12.2 Å². The molecule has 0 aliphatic carbocycles. The number of benzene rings is 1. The number of aromatic nitrogens is 2. The highest BCUT2D eigenvalue weighted by Crippen LogP contribution is 2.14. The Morgan fingerprint density at radius 3 is 2.78 bits per heavy atom. The van der Waals surface area contributed by atoms with E-state index in [2.05, 4.69) is 15.3 Å². The minimum Gasteiger partial charge on any atom is -0.462 e. The van der Waals surface area contributed by atoms with Crippen LogP contribution in [0.2, 0.25) is 0 Å². The van der Waals surface area contributed by atoms with Gasteiger partial charge in [-0.15, -0.1) is 0 Å². The van der Waals surface area contributed by atoms with Crippen molar-refractivity contribution in [3.8, 4) is 0 Å². The topological polar surface area (TPSA) is 64.1 Å². The van der Waals surface area contributed by atoms with Crippen molar-refractivity contribution < 1.29 is 9.53 Å². The zero-order valence-electron chi connectivity index (χ0n) is 9.96. The van der Waals surface area contributed by atoms with Crippen LogP contribution in [0, 0.1) is 0 Å². The molecule has 1 N–H and O–H groups in total. The Balaban J connectivity index is 2.15. The Bertz CT molecular complexity index is 529. The van der Waals surface area contributed by atoms with Crippen molar-refractivity contribution in [2.75, 3.05) is 11.9 Å². The first kappa shape index (κ1) is 12.0. The van der Waals surface area contributed by atoms with Crippen molar-refractivity contribution in [2.24, 2.45) is 0 Å². The molecule has 0 bridgehead atoms. The lowest BCUT2D eigenvalue weighted by molar-refractivity contribution is 0.0526. The van der Waals surface area contributed by atoms with Gasteiger partial charge in [0.15, 0.2) is 0 Å². The summed E-state index contributed by atoms with van der Waals surface area (Å²) >= 11 is 0. The first-order valence-corrected chi connectivity index (χ1v) is 5.61. The molecule has 0 saturated heterocycles. The van der Waals surface area contributed by atoms with Crippen LogP contribution < -0.4 is 5.32 Å². The molecule has 2 rings (SSSR count). The molecule has 0 atom stereocenters. The highest BCUT2D eigenvalue weighted by atomic mass is 16.5. The molecule has 5 heteroatoms. The van der Waals surface area contributed by atoms with E-state index < -0.39 is 0 Å². The number of esters is 1. The minimum absolute atomic E-state index is 0.338. The molecule has 0 spiro atoms. The second kappa shape index (κ2) is 5.77. The molecular formula is C13H13N3O2. The molecule has 5 nitrogen and oxygen atoms in total. The van der Waals surface area contributed by atoms with Gasteiger partial charge in [-0.05, 0) is 31.2 Å². The van der Waals surface area contributed by atoms with Gasteiger partial charge in [0.2, 0.25) is 5.95 Å². The summed E-state index contributed by atoms with van der Waals surface area (Å²) in [6, 6.07) is 8.75. The summed E-state index contributed by atoms with van der Waals surface area (Å²) in [5.41, 5.74) is 1.24. The molecule has 2 aromatic rings. The van der Waals surface area contributed by atoms with Gasteiger partial charge in [0.1, 0.15) is 0 Å². The van der Waals surface area contributed by atoms with Crippen molar-refractivity contribution >= 4 is 17.6 Å². The van der Waals surface area contributed by atoms with E-state index in [0.29, 0.717) is 18.1 Å². The Labute approximate surface area is 105 Å². The standard InChI is InChI=1S/C13H13N3O2/c1-2-18-12(17)10-5-3-6-11(9-10)16-13-14-7-4-8-15-13/h3-9H,2H2,1H3,(H,14,15,16). The molecule has 1 heterocycles. The second-order valence-corrected chi connectivity index (χ2v) is 3.50. The predicted molar refractivity (Wildman–Crippen MR) is 67.7 cm³/mol. The van der Waals surface area contributed by atoms with Crippen molar-refractivity contribution in [1.82, 2.24) is 9.97 Å².